The molecule has 5 heterocycles. The molecule has 192 valence electrons. The molecule has 0 saturated carbocycles. The Morgan fingerprint density at radius 1 is 0.600 bits per heavy atom. The van der Waals surface area contributed by atoms with Gasteiger partial charge in [0.15, 0.2) is 0 Å². The molecule has 2 aromatic rings. The lowest BCUT2D eigenvalue weighted by Crippen LogP contribution is -2.54. The molecule has 0 aromatic carbocycles. The van der Waals surface area contributed by atoms with Crippen molar-refractivity contribution in [2.75, 3.05) is 72.0 Å². The number of pyridine rings is 1. The molecule has 4 atom stereocenters. The van der Waals surface area contributed by atoms with Crippen molar-refractivity contribution >= 4 is 36.1 Å². The molecule has 5 rings (SSSR count). The van der Waals surface area contributed by atoms with Crippen LogP contribution in [-0.4, -0.2) is 96.5 Å². The Kier molecular flexibility index (Phi) is 8.07. The van der Waals surface area contributed by atoms with Crippen LogP contribution in [0.3, 0.4) is 0 Å². The van der Waals surface area contributed by atoms with Crippen LogP contribution < -0.4 is 42.5 Å². The first-order chi connectivity index (χ1) is 16.4. The summed E-state index contributed by atoms with van der Waals surface area (Å²) in [5, 5.41) is 0. The summed E-state index contributed by atoms with van der Waals surface area (Å²) in [6.07, 6.45) is 3.42. The zero-order valence-electron chi connectivity index (χ0n) is 20.0. The van der Waals surface area contributed by atoms with E-state index in [1.165, 1.54) is 0 Å². The summed E-state index contributed by atoms with van der Waals surface area (Å²) in [5.74, 6) is 2.89. The normalized spacial score (nSPS) is 27.5. The molecule has 0 aliphatic carbocycles. The summed E-state index contributed by atoms with van der Waals surface area (Å²) >= 11 is 0. The van der Waals surface area contributed by atoms with E-state index in [0.717, 1.165) is 44.8 Å². The number of anilines is 4. The quantitative estimate of drug-likeness (QED) is 0.390. The van der Waals surface area contributed by atoms with E-state index in [0.29, 0.717) is 44.0 Å². The van der Waals surface area contributed by atoms with Crippen molar-refractivity contribution in [1.29, 1.82) is 0 Å². The van der Waals surface area contributed by atoms with Gasteiger partial charge in [0.05, 0.1) is 0 Å². The highest BCUT2D eigenvalue weighted by atomic mass is 35.5. The maximum atomic E-state index is 6.26. The Morgan fingerprint density at radius 3 is 1.46 bits per heavy atom. The van der Waals surface area contributed by atoms with Gasteiger partial charge in [0.25, 0.3) is 0 Å². The maximum Gasteiger partial charge on any atom is 0.232 e. The summed E-state index contributed by atoms with van der Waals surface area (Å²) in [6, 6.07) is 5.96. The summed E-state index contributed by atoms with van der Waals surface area (Å²) < 4.78 is 0. The van der Waals surface area contributed by atoms with Gasteiger partial charge in [0, 0.05) is 82.7 Å². The number of hydrogen-bond donors (Lipinski definition) is 4. The lowest BCUT2D eigenvalue weighted by atomic mass is 10.0. The van der Waals surface area contributed by atoms with Gasteiger partial charge in [-0.2, -0.15) is 15.0 Å². The molecule has 0 unspecified atom stereocenters. The minimum Gasteiger partial charge on any atom is -0.353 e. The topological polar surface area (TPSA) is 169 Å². The molecular formula is C22H37ClN12. The van der Waals surface area contributed by atoms with Gasteiger partial charge < -0.3 is 42.5 Å². The van der Waals surface area contributed by atoms with Crippen LogP contribution in [0.25, 0.3) is 0 Å². The number of nitrogens with zero attached hydrogens (tertiary/aromatic N) is 8. The smallest absolute Gasteiger partial charge is 0.232 e. The van der Waals surface area contributed by atoms with Crippen molar-refractivity contribution in [3.05, 3.63) is 24.4 Å². The highest BCUT2D eigenvalue weighted by Gasteiger charge is 2.30. The molecule has 0 bridgehead atoms. The number of piperazine rings is 1. The average Bonchev–Trinajstić information content (AvgIpc) is 2.83. The molecular weight excluding hydrogens is 468 g/mol. The van der Waals surface area contributed by atoms with Crippen LogP contribution in [-0.2, 0) is 0 Å². The minimum atomic E-state index is -0.00818. The summed E-state index contributed by atoms with van der Waals surface area (Å²) in [7, 11) is 0. The molecule has 3 aliphatic heterocycles. The molecule has 3 aliphatic rings. The fourth-order valence-corrected chi connectivity index (χ4v) is 5.13. The van der Waals surface area contributed by atoms with Gasteiger partial charge in [-0.05, 0) is 25.0 Å². The van der Waals surface area contributed by atoms with E-state index in [1.54, 1.807) is 0 Å². The zero-order valence-corrected chi connectivity index (χ0v) is 20.8. The standard InChI is InChI=1S/C22H36N12.ClH/c23-15-9-16(24)12-33(11-15)21-28-20(29-22(30-21)34-13-17(25)10-18(26)14-34)32-7-5-31(6-8-32)19-3-1-2-4-27-19;/h1-4,15-18H,5-14,23-26H2;1H/t15-,16+,17-,18+;. The monoisotopic (exact) mass is 504 g/mol. The van der Waals surface area contributed by atoms with Crippen molar-refractivity contribution in [2.45, 2.75) is 37.0 Å². The van der Waals surface area contributed by atoms with Crippen LogP contribution in [0.4, 0.5) is 23.7 Å². The molecule has 0 radical (unpaired) electrons. The maximum absolute atomic E-state index is 6.26. The molecule has 3 saturated heterocycles. The largest absolute Gasteiger partial charge is 0.353 e. The predicted octanol–water partition coefficient (Wildman–Crippen LogP) is -1.26. The van der Waals surface area contributed by atoms with Gasteiger partial charge in [-0.15, -0.1) is 12.4 Å². The average molecular weight is 505 g/mol. The lowest BCUT2D eigenvalue weighted by molar-refractivity contribution is 0.440. The van der Waals surface area contributed by atoms with Gasteiger partial charge in [-0.3, -0.25) is 0 Å². The van der Waals surface area contributed by atoms with E-state index >= 15 is 0 Å². The molecule has 13 heteroatoms. The first kappa shape index (κ1) is 25.6. The van der Waals surface area contributed by atoms with Crippen LogP contribution in [0.15, 0.2) is 24.4 Å². The third-order valence-corrected chi connectivity index (χ3v) is 6.73. The number of piperidine rings is 2. The molecule has 2 aromatic heterocycles. The van der Waals surface area contributed by atoms with Gasteiger partial charge in [0.2, 0.25) is 17.8 Å². The first-order valence-corrected chi connectivity index (χ1v) is 12.1. The predicted molar refractivity (Wildman–Crippen MR) is 141 cm³/mol. The van der Waals surface area contributed by atoms with E-state index in [-0.39, 0.29) is 36.6 Å². The van der Waals surface area contributed by atoms with Gasteiger partial charge in [0.1, 0.15) is 5.82 Å². The van der Waals surface area contributed by atoms with Crippen molar-refractivity contribution in [3.63, 3.8) is 0 Å². The van der Waals surface area contributed by atoms with Gasteiger partial charge >= 0.3 is 0 Å². The number of hydrogen-bond acceptors (Lipinski definition) is 12. The highest BCUT2D eigenvalue weighted by molar-refractivity contribution is 5.85. The molecule has 8 N–H and O–H groups in total. The Hall–Kier alpha value is -2.51. The fourth-order valence-electron chi connectivity index (χ4n) is 5.13. The van der Waals surface area contributed by atoms with E-state index < -0.39 is 0 Å². The molecule has 0 spiro atoms. The molecule has 0 amide bonds. The first-order valence-electron chi connectivity index (χ1n) is 12.1. The summed E-state index contributed by atoms with van der Waals surface area (Å²) in [4.78, 5) is 27.7. The second-order valence-corrected chi connectivity index (χ2v) is 9.72. The summed E-state index contributed by atoms with van der Waals surface area (Å²) in [5.41, 5.74) is 25.1. The number of rotatable bonds is 4. The number of nitrogens with two attached hydrogens (primary N) is 4. The van der Waals surface area contributed by atoms with Crippen LogP contribution in [0, 0.1) is 0 Å². The fraction of sp³-hybridized carbons (Fsp3) is 0.636. The van der Waals surface area contributed by atoms with Gasteiger partial charge in [-0.25, -0.2) is 4.98 Å². The van der Waals surface area contributed by atoms with E-state index in [1.807, 2.05) is 24.4 Å². The van der Waals surface area contributed by atoms with Crippen molar-refractivity contribution in [1.82, 2.24) is 19.9 Å². The number of aromatic nitrogens is 4. The van der Waals surface area contributed by atoms with Crippen LogP contribution >= 0.6 is 12.4 Å². The second-order valence-electron chi connectivity index (χ2n) is 9.72. The Morgan fingerprint density at radius 2 is 1.03 bits per heavy atom. The Bertz CT molecular complexity index is 892. The SMILES string of the molecule is Cl.N[C@@H]1C[C@H](N)CN(c2nc(N3CCN(c4ccccn4)CC3)nc(N3C[C@H](N)C[C@H](N)C3)n2)C1. The second kappa shape index (κ2) is 11.0. The zero-order chi connectivity index (χ0) is 23.7. The van der Waals surface area contributed by atoms with Crippen molar-refractivity contribution < 1.29 is 0 Å². The summed E-state index contributed by atoms with van der Waals surface area (Å²) in [6.45, 7) is 5.94. The van der Waals surface area contributed by atoms with Crippen molar-refractivity contribution in [3.8, 4) is 0 Å². The van der Waals surface area contributed by atoms with Crippen LogP contribution in [0.1, 0.15) is 12.8 Å². The third kappa shape index (κ3) is 6.01. The van der Waals surface area contributed by atoms with E-state index in [9.17, 15) is 0 Å². The minimum absolute atomic E-state index is 0. The molecule has 12 nitrogen and oxygen atoms in total. The Balaban J connectivity index is 0.00000289. The van der Waals surface area contributed by atoms with E-state index in [2.05, 4.69) is 24.6 Å². The van der Waals surface area contributed by atoms with Crippen molar-refractivity contribution in [2.24, 2.45) is 22.9 Å². The third-order valence-electron chi connectivity index (χ3n) is 6.73. The molecule has 3 fully saturated rings. The van der Waals surface area contributed by atoms with Crippen LogP contribution in [0.2, 0.25) is 0 Å². The van der Waals surface area contributed by atoms with Crippen LogP contribution in [0.5, 0.6) is 0 Å². The van der Waals surface area contributed by atoms with E-state index in [4.69, 9.17) is 37.9 Å². The number of halogens is 1. The van der Waals surface area contributed by atoms with Gasteiger partial charge in [-0.1, -0.05) is 6.07 Å². The Labute approximate surface area is 212 Å². The lowest BCUT2D eigenvalue weighted by Gasteiger charge is -2.38. The molecule has 35 heavy (non-hydrogen) atoms. The highest BCUT2D eigenvalue weighted by Crippen LogP contribution is 2.24.